The van der Waals surface area contributed by atoms with Crippen molar-refractivity contribution in [2.24, 2.45) is 5.84 Å². The maximum absolute atomic E-state index is 5.77. The minimum atomic E-state index is 0.565. The molecule has 17 heavy (non-hydrogen) atoms. The average Bonchev–Trinajstić information content (AvgIpc) is 2.34. The third-order valence-electron chi connectivity index (χ3n) is 2.26. The van der Waals surface area contributed by atoms with Gasteiger partial charge < -0.3 is 10.2 Å². The Morgan fingerprint density at radius 3 is 2.88 bits per heavy atom. The van der Waals surface area contributed by atoms with E-state index in [0.717, 1.165) is 15.8 Å². The Morgan fingerprint density at radius 1 is 1.29 bits per heavy atom. The fraction of sp³-hybridized carbons (Fsp3) is 0.0833. The number of halogens is 1. The molecule has 0 atom stereocenters. The van der Waals surface area contributed by atoms with Crippen molar-refractivity contribution in [3.05, 3.63) is 46.6 Å². The molecule has 0 amide bonds. The quantitative estimate of drug-likeness (QED) is 0.674. The molecule has 0 radical (unpaired) electrons. The summed E-state index contributed by atoms with van der Waals surface area (Å²) in [5.74, 6) is 7.34. The van der Waals surface area contributed by atoms with E-state index in [4.69, 9.17) is 10.6 Å². The Labute approximate surface area is 108 Å². The number of hydrogen-bond acceptors (Lipinski definition) is 4. The number of pyridine rings is 1. The zero-order valence-corrected chi connectivity index (χ0v) is 10.9. The number of nitrogens with two attached hydrogens (primary N) is 1. The van der Waals surface area contributed by atoms with Crippen LogP contribution in [0.2, 0.25) is 0 Å². The van der Waals surface area contributed by atoms with Crippen LogP contribution in [0.15, 0.2) is 41.0 Å². The van der Waals surface area contributed by atoms with Crippen molar-refractivity contribution < 1.29 is 4.74 Å². The molecule has 0 bridgehead atoms. The fourth-order valence-electron chi connectivity index (χ4n) is 1.36. The maximum atomic E-state index is 5.77. The van der Waals surface area contributed by atoms with E-state index in [1.807, 2.05) is 25.1 Å². The highest BCUT2D eigenvalue weighted by Gasteiger charge is 2.03. The molecule has 0 aliphatic rings. The van der Waals surface area contributed by atoms with E-state index in [-0.39, 0.29) is 0 Å². The van der Waals surface area contributed by atoms with Crippen molar-refractivity contribution in [1.29, 1.82) is 0 Å². The summed E-state index contributed by atoms with van der Waals surface area (Å²) in [6, 6.07) is 9.40. The summed E-state index contributed by atoms with van der Waals surface area (Å²) in [7, 11) is 0. The van der Waals surface area contributed by atoms with Crippen LogP contribution in [0.4, 0.5) is 5.82 Å². The number of rotatable bonds is 3. The van der Waals surface area contributed by atoms with Gasteiger partial charge in [-0.15, -0.1) is 0 Å². The van der Waals surface area contributed by atoms with Gasteiger partial charge in [-0.3, -0.25) is 0 Å². The first-order valence-electron chi connectivity index (χ1n) is 5.06. The summed E-state index contributed by atoms with van der Waals surface area (Å²) in [5, 5.41) is 0. The third-order valence-corrected chi connectivity index (χ3v) is 2.75. The van der Waals surface area contributed by atoms with E-state index in [1.165, 1.54) is 0 Å². The van der Waals surface area contributed by atoms with Crippen LogP contribution < -0.4 is 16.0 Å². The van der Waals surface area contributed by atoms with Crippen LogP contribution in [0.3, 0.4) is 0 Å². The molecule has 0 fully saturated rings. The van der Waals surface area contributed by atoms with E-state index >= 15 is 0 Å². The monoisotopic (exact) mass is 293 g/mol. The third kappa shape index (κ3) is 2.95. The predicted octanol–water partition coefficient (Wildman–Crippen LogP) is 3.23. The van der Waals surface area contributed by atoms with Crippen molar-refractivity contribution >= 4 is 21.7 Å². The lowest BCUT2D eigenvalue weighted by Gasteiger charge is -2.09. The molecule has 0 unspecified atom stereocenters. The van der Waals surface area contributed by atoms with Gasteiger partial charge in [0.25, 0.3) is 0 Å². The van der Waals surface area contributed by atoms with E-state index in [2.05, 4.69) is 26.3 Å². The first kappa shape index (κ1) is 11.9. The Morgan fingerprint density at radius 2 is 2.12 bits per heavy atom. The number of anilines is 1. The Bertz CT molecular complexity index is 531. The normalized spacial score (nSPS) is 10.1. The number of hydrogen-bond donors (Lipinski definition) is 2. The topological polar surface area (TPSA) is 60.2 Å². The summed E-state index contributed by atoms with van der Waals surface area (Å²) in [4.78, 5) is 4.01. The molecule has 0 spiro atoms. The highest BCUT2D eigenvalue weighted by Crippen LogP contribution is 2.28. The summed E-state index contributed by atoms with van der Waals surface area (Å²) in [6.07, 6.45) is 1.64. The van der Waals surface area contributed by atoms with Crippen molar-refractivity contribution in [3.8, 4) is 11.5 Å². The van der Waals surface area contributed by atoms with Gasteiger partial charge in [0.1, 0.15) is 17.3 Å². The number of benzene rings is 1. The molecule has 1 aromatic heterocycles. The summed E-state index contributed by atoms with van der Waals surface area (Å²) in [5.41, 5.74) is 3.54. The van der Waals surface area contributed by atoms with Crippen molar-refractivity contribution in [1.82, 2.24) is 4.98 Å². The molecule has 0 saturated heterocycles. The molecule has 4 nitrogen and oxygen atoms in total. The molecule has 0 aliphatic heterocycles. The number of nitrogen functional groups attached to an aromatic ring is 1. The number of aryl methyl sites for hydroxylation is 1. The second kappa shape index (κ2) is 5.16. The van der Waals surface area contributed by atoms with Gasteiger partial charge in [-0.1, -0.05) is 22.0 Å². The molecule has 1 heterocycles. The van der Waals surface area contributed by atoms with Gasteiger partial charge in [0, 0.05) is 16.7 Å². The zero-order chi connectivity index (χ0) is 12.3. The molecule has 0 aliphatic carbocycles. The smallest absolute Gasteiger partial charge is 0.143 e. The first-order valence-corrected chi connectivity index (χ1v) is 5.85. The van der Waals surface area contributed by atoms with Gasteiger partial charge in [0.2, 0.25) is 0 Å². The Kier molecular flexibility index (Phi) is 3.61. The fourth-order valence-corrected chi connectivity index (χ4v) is 1.70. The summed E-state index contributed by atoms with van der Waals surface area (Å²) in [6.45, 7) is 1.99. The van der Waals surface area contributed by atoms with Crippen LogP contribution in [0.25, 0.3) is 0 Å². The lowest BCUT2D eigenvalue weighted by Crippen LogP contribution is -2.08. The van der Waals surface area contributed by atoms with Crippen LogP contribution in [0.1, 0.15) is 5.56 Å². The number of ether oxygens (including phenoxy) is 1. The van der Waals surface area contributed by atoms with Crippen LogP contribution in [-0.2, 0) is 0 Å². The van der Waals surface area contributed by atoms with Crippen LogP contribution in [0, 0.1) is 6.92 Å². The highest BCUT2D eigenvalue weighted by atomic mass is 79.9. The first-order chi connectivity index (χ1) is 8.19. The SMILES string of the molecule is Cc1ccc(Br)cc1Oc1ccnc(NN)c1. The lowest BCUT2D eigenvalue weighted by molar-refractivity contribution is 0.478. The molecule has 88 valence electrons. The second-order valence-electron chi connectivity index (χ2n) is 3.53. The lowest BCUT2D eigenvalue weighted by atomic mass is 10.2. The highest BCUT2D eigenvalue weighted by molar-refractivity contribution is 9.10. The number of nitrogens with zero attached hydrogens (tertiary/aromatic N) is 1. The Balaban J connectivity index is 2.27. The number of nitrogens with one attached hydrogen (secondary N) is 1. The van der Waals surface area contributed by atoms with Crippen LogP contribution >= 0.6 is 15.9 Å². The number of hydrazine groups is 1. The van der Waals surface area contributed by atoms with Crippen LogP contribution in [-0.4, -0.2) is 4.98 Å². The van der Waals surface area contributed by atoms with E-state index in [9.17, 15) is 0 Å². The molecule has 0 saturated carbocycles. The van der Waals surface area contributed by atoms with Gasteiger partial charge in [-0.2, -0.15) is 0 Å². The zero-order valence-electron chi connectivity index (χ0n) is 9.27. The van der Waals surface area contributed by atoms with Crippen molar-refractivity contribution in [3.63, 3.8) is 0 Å². The molecular weight excluding hydrogens is 282 g/mol. The van der Waals surface area contributed by atoms with Crippen molar-refractivity contribution in [2.75, 3.05) is 5.43 Å². The van der Waals surface area contributed by atoms with Gasteiger partial charge >= 0.3 is 0 Å². The molecule has 5 heteroatoms. The van der Waals surface area contributed by atoms with Gasteiger partial charge in [-0.25, -0.2) is 10.8 Å². The Hall–Kier alpha value is -1.59. The van der Waals surface area contributed by atoms with E-state index in [1.54, 1.807) is 18.3 Å². The molecule has 1 aromatic carbocycles. The molecule has 2 aromatic rings. The molecule has 3 N–H and O–H groups in total. The predicted molar refractivity (Wildman–Crippen MR) is 71.0 cm³/mol. The summed E-state index contributed by atoms with van der Waals surface area (Å²) >= 11 is 3.41. The molecular formula is C12H12BrN3O. The van der Waals surface area contributed by atoms with E-state index in [0.29, 0.717) is 11.6 Å². The minimum absolute atomic E-state index is 0.565. The van der Waals surface area contributed by atoms with Gasteiger partial charge in [0.05, 0.1) is 0 Å². The van der Waals surface area contributed by atoms with Gasteiger partial charge in [-0.05, 0) is 30.7 Å². The second-order valence-corrected chi connectivity index (χ2v) is 4.45. The van der Waals surface area contributed by atoms with Crippen LogP contribution in [0.5, 0.6) is 11.5 Å². The van der Waals surface area contributed by atoms with Crippen molar-refractivity contribution in [2.45, 2.75) is 6.92 Å². The van der Waals surface area contributed by atoms with E-state index < -0.39 is 0 Å². The van der Waals surface area contributed by atoms with Gasteiger partial charge in [0.15, 0.2) is 0 Å². The standard InChI is InChI=1S/C12H12BrN3O/c1-8-2-3-9(13)6-11(8)17-10-4-5-15-12(7-10)16-14/h2-7H,14H2,1H3,(H,15,16). The maximum Gasteiger partial charge on any atom is 0.143 e. The largest absolute Gasteiger partial charge is 0.457 e. The summed E-state index contributed by atoms with van der Waals surface area (Å²) < 4.78 is 6.74. The molecule has 2 rings (SSSR count). The minimum Gasteiger partial charge on any atom is -0.457 e. The number of aromatic nitrogens is 1. The average molecular weight is 294 g/mol.